The van der Waals surface area contributed by atoms with Crippen LogP contribution in [-0.2, 0) is 17.9 Å². The van der Waals surface area contributed by atoms with E-state index in [1.54, 1.807) is 13.4 Å². The zero-order valence-electron chi connectivity index (χ0n) is 15.6. The van der Waals surface area contributed by atoms with E-state index in [4.69, 9.17) is 14.0 Å². The van der Waals surface area contributed by atoms with E-state index in [0.717, 1.165) is 27.0 Å². The highest BCUT2D eigenvalue weighted by Crippen LogP contribution is 2.32. The van der Waals surface area contributed by atoms with Crippen molar-refractivity contribution in [1.29, 1.82) is 0 Å². The lowest BCUT2D eigenvalue weighted by molar-refractivity contribution is 0.00328. The molecular formula is C21H17BrN4O3. The molecule has 2 aromatic carbocycles. The number of ether oxygens (including phenoxy) is 2. The van der Waals surface area contributed by atoms with Crippen LogP contribution in [0, 0.1) is 0 Å². The molecule has 8 heteroatoms. The number of fused-ring (bicyclic) bond motifs is 1. The molecule has 2 aromatic heterocycles. The third kappa shape index (κ3) is 3.45. The van der Waals surface area contributed by atoms with Crippen molar-refractivity contribution in [3.63, 3.8) is 0 Å². The van der Waals surface area contributed by atoms with E-state index in [1.165, 1.54) is 0 Å². The van der Waals surface area contributed by atoms with Crippen molar-refractivity contribution in [2.75, 3.05) is 7.11 Å². The monoisotopic (exact) mass is 452 g/mol. The van der Waals surface area contributed by atoms with Crippen LogP contribution in [0.5, 0.6) is 5.75 Å². The van der Waals surface area contributed by atoms with Crippen LogP contribution in [-0.4, -0.2) is 26.8 Å². The molecule has 1 aliphatic rings. The number of methoxy groups -OCH3 is 1. The van der Waals surface area contributed by atoms with Crippen LogP contribution >= 0.6 is 15.9 Å². The highest BCUT2D eigenvalue weighted by molar-refractivity contribution is 9.10. The zero-order valence-corrected chi connectivity index (χ0v) is 17.2. The molecule has 0 bridgehead atoms. The maximum absolute atomic E-state index is 6.09. The number of halogens is 1. The van der Waals surface area contributed by atoms with E-state index < -0.39 is 0 Å². The lowest BCUT2D eigenvalue weighted by atomic mass is 10.1. The molecule has 0 aliphatic carbocycles. The number of hydrogen-bond acceptors (Lipinski definition) is 6. The summed E-state index contributed by atoms with van der Waals surface area (Å²) in [6, 6.07) is 15.7. The molecule has 0 saturated carbocycles. The number of nitrogens with zero attached hydrogens (tertiary/aromatic N) is 4. The molecule has 3 heterocycles. The molecule has 0 amide bonds. The van der Waals surface area contributed by atoms with Crippen LogP contribution in [0.4, 0.5) is 0 Å². The van der Waals surface area contributed by atoms with Gasteiger partial charge in [-0.15, -0.1) is 0 Å². The molecule has 0 N–H and O–H groups in total. The van der Waals surface area contributed by atoms with Gasteiger partial charge in [-0.2, -0.15) is 4.98 Å². The molecule has 1 aliphatic heterocycles. The van der Waals surface area contributed by atoms with Crippen LogP contribution < -0.4 is 4.74 Å². The Labute approximate surface area is 175 Å². The van der Waals surface area contributed by atoms with Gasteiger partial charge in [-0.3, -0.25) is 0 Å². The Morgan fingerprint density at radius 2 is 2.03 bits per heavy atom. The summed E-state index contributed by atoms with van der Waals surface area (Å²) in [6.45, 7) is 1.09. The topological polar surface area (TPSA) is 75.2 Å². The first kappa shape index (κ1) is 18.1. The normalized spacial score (nSPS) is 15.9. The summed E-state index contributed by atoms with van der Waals surface area (Å²) in [4.78, 5) is 9.03. The smallest absolute Gasteiger partial charge is 0.278 e. The highest BCUT2D eigenvalue weighted by Gasteiger charge is 2.26. The van der Waals surface area contributed by atoms with Crippen molar-refractivity contribution < 1.29 is 14.0 Å². The fourth-order valence-corrected chi connectivity index (χ4v) is 3.79. The van der Waals surface area contributed by atoms with Gasteiger partial charge in [0.2, 0.25) is 5.82 Å². The Morgan fingerprint density at radius 1 is 1.17 bits per heavy atom. The lowest BCUT2D eigenvalue weighted by Crippen LogP contribution is -2.20. The quantitative estimate of drug-likeness (QED) is 0.448. The summed E-state index contributed by atoms with van der Waals surface area (Å²) in [7, 11) is 1.66. The number of rotatable bonds is 4. The molecular weight excluding hydrogens is 436 g/mol. The van der Waals surface area contributed by atoms with E-state index in [2.05, 4.69) is 35.6 Å². The van der Waals surface area contributed by atoms with Crippen molar-refractivity contribution >= 4 is 15.9 Å². The number of imidazole rings is 1. The van der Waals surface area contributed by atoms with Crippen molar-refractivity contribution in [2.45, 2.75) is 19.3 Å². The van der Waals surface area contributed by atoms with Crippen LogP contribution in [0.2, 0.25) is 0 Å². The highest BCUT2D eigenvalue weighted by atomic mass is 79.9. The van der Waals surface area contributed by atoms with E-state index in [-0.39, 0.29) is 6.10 Å². The zero-order chi connectivity index (χ0) is 19.8. The van der Waals surface area contributed by atoms with E-state index in [0.29, 0.717) is 30.6 Å². The average Bonchev–Trinajstić information content (AvgIpc) is 3.40. The van der Waals surface area contributed by atoms with E-state index >= 15 is 0 Å². The van der Waals surface area contributed by atoms with E-state index in [1.807, 2.05) is 48.5 Å². The number of aromatic nitrogens is 4. The van der Waals surface area contributed by atoms with Crippen LogP contribution in [0.3, 0.4) is 0 Å². The minimum atomic E-state index is -0.0460. The second kappa shape index (κ2) is 7.46. The Balaban J connectivity index is 1.39. The molecule has 1 atom stereocenters. The number of benzene rings is 2. The summed E-state index contributed by atoms with van der Waals surface area (Å²) in [5.41, 5.74) is 3.56. The first-order valence-electron chi connectivity index (χ1n) is 9.11. The minimum absolute atomic E-state index is 0.0460. The van der Waals surface area contributed by atoms with Gasteiger partial charge in [0, 0.05) is 10.0 Å². The Bertz CT molecular complexity index is 1150. The third-order valence-corrected chi connectivity index (χ3v) is 5.42. The van der Waals surface area contributed by atoms with Crippen molar-refractivity contribution in [1.82, 2.24) is 19.7 Å². The predicted molar refractivity (Wildman–Crippen MR) is 109 cm³/mol. The summed E-state index contributed by atoms with van der Waals surface area (Å²) in [6.07, 6.45) is 1.75. The standard InChI is InChI=1S/C21H17BrN4O3/c1-27-16-7-5-13(6-8-16)18-10-26-12-23-19(17(26)11-28-18)21-24-20(25-29-21)14-3-2-4-15(22)9-14/h2-9,12,18H,10-11H2,1H3/t18-/m1/s1. The predicted octanol–water partition coefficient (Wildman–Crippen LogP) is 4.64. The molecule has 0 spiro atoms. The molecule has 0 radical (unpaired) electrons. The number of hydrogen-bond donors (Lipinski definition) is 0. The largest absolute Gasteiger partial charge is 0.497 e. The van der Waals surface area contributed by atoms with Gasteiger partial charge in [-0.25, -0.2) is 4.98 Å². The SMILES string of the molecule is COc1ccc([C@H]2Cn3cnc(-c4nc(-c5cccc(Br)c5)no4)c3CO2)cc1. The van der Waals surface area contributed by atoms with Gasteiger partial charge >= 0.3 is 0 Å². The van der Waals surface area contributed by atoms with Gasteiger partial charge < -0.3 is 18.6 Å². The second-order valence-electron chi connectivity index (χ2n) is 6.70. The van der Waals surface area contributed by atoms with Crippen molar-refractivity contribution in [2.24, 2.45) is 0 Å². The van der Waals surface area contributed by atoms with Crippen molar-refractivity contribution in [3.05, 3.63) is 70.6 Å². The van der Waals surface area contributed by atoms with Gasteiger partial charge in [0.05, 0.1) is 32.3 Å². The van der Waals surface area contributed by atoms with E-state index in [9.17, 15) is 0 Å². The summed E-state index contributed by atoms with van der Waals surface area (Å²) in [5, 5.41) is 4.10. The van der Waals surface area contributed by atoms with Gasteiger partial charge in [0.25, 0.3) is 5.89 Å². The van der Waals surface area contributed by atoms with Crippen LogP contribution in [0.25, 0.3) is 23.0 Å². The van der Waals surface area contributed by atoms with Gasteiger partial charge in [-0.1, -0.05) is 45.4 Å². The maximum atomic E-state index is 6.09. The summed E-state index contributed by atoms with van der Waals surface area (Å²) in [5.74, 6) is 1.74. The summed E-state index contributed by atoms with van der Waals surface area (Å²) >= 11 is 3.46. The Kier molecular flexibility index (Phi) is 4.65. The molecule has 146 valence electrons. The average molecular weight is 453 g/mol. The lowest BCUT2D eigenvalue weighted by Gasteiger charge is -2.25. The first-order valence-corrected chi connectivity index (χ1v) is 9.90. The molecule has 5 rings (SSSR count). The van der Waals surface area contributed by atoms with Gasteiger partial charge in [0.1, 0.15) is 11.9 Å². The van der Waals surface area contributed by atoms with Crippen LogP contribution in [0.1, 0.15) is 17.4 Å². The Morgan fingerprint density at radius 3 is 2.83 bits per heavy atom. The molecule has 4 aromatic rings. The fourth-order valence-electron chi connectivity index (χ4n) is 3.39. The second-order valence-corrected chi connectivity index (χ2v) is 7.61. The minimum Gasteiger partial charge on any atom is -0.497 e. The third-order valence-electron chi connectivity index (χ3n) is 4.93. The van der Waals surface area contributed by atoms with Crippen LogP contribution in [0.15, 0.2) is 63.9 Å². The molecule has 0 fully saturated rings. The van der Waals surface area contributed by atoms with Gasteiger partial charge in [-0.05, 0) is 29.8 Å². The molecule has 7 nitrogen and oxygen atoms in total. The molecule has 0 unspecified atom stereocenters. The molecule has 29 heavy (non-hydrogen) atoms. The first-order chi connectivity index (χ1) is 14.2. The van der Waals surface area contributed by atoms with Crippen molar-refractivity contribution in [3.8, 4) is 28.7 Å². The fraction of sp³-hybridized carbons (Fsp3) is 0.190. The summed E-state index contributed by atoms with van der Waals surface area (Å²) < 4.78 is 19.8. The Hall–Kier alpha value is -2.97. The van der Waals surface area contributed by atoms with Gasteiger partial charge in [0.15, 0.2) is 5.69 Å². The maximum Gasteiger partial charge on any atom is 0.278 e. The molecule has 0 saturated heterocycles.